The first-order valence-corrected chi connectivity index (χ1v) is 11.1. The molecule has 1 aromatic carbocycles. The van der Waals surface area contributed by atoms with E-state index in [0.29, 0.717) is 22.1 Å². The van der Waals surface area contributed by atoms with E-state index in [9.17, 15) is 22.8 Å². The smallest absolute Gasteiger partial charge is 0.418 e. The van der Waals surface area contributed by atoms with Crippen LogP contribution < -0.4 is 20.2 Å². The Labute approximate surface area is 189 Å². The number of fused-ring (bicyclic) bond motifs is 2. The van der Waals surface area contributed by atoms with E-state index in [1.165, 1.54) is 20.4 Å². The predicted molar refractivity (Wildman–Crippen MR) is 112 cm³/mol. The van der Waals surface area contributed by atoms with Crippen LogP contribution in [0.1, 0.15) is 18.4 Å². The molecular weight excluding hydrogens is 462 g/mol. The van der Waals surface area contributed by atoms with Crippen molar-refractivity contribution in [1.82, 2.24) is 20.7 Å². The van der Waals surface area contributed by atoms with Gasteiger partial charge in [0.05, 0.1) is 33.0 Å². The Kier molecular flexibility index (Phi) is 7.35. The van der Waals surface area contributed by atoms with Crippen LogP contribution in [0.4, 0.5) is 4.79 Å². The highest BCUT2D eigenvalue weighted by atomic mass is 32.3. The van der Waals surface area contributed by atoms with E-state index < -0.39 is 46.9 Å². The Bertz CT molecular complexity index is 1060. The minimum atomic E-state index is -4.88. The van der Waals surface area contributed by atoms with Gasteiger partial charge >= 0.3 is 16.4 Å². The third-order valence-electron chi connectivity index (χ3n) is 5.06. The van der Waals surface area contributed by atoms with Crippen LogP contribution in [-0.2, 0) is 24.3 Å². The SMILES string of the molecule is COc1ccc(/C=N/NC(=O)CNC(=O)[C@@H]2CCC3CN2C(=O)N3OS(=O)(=O)O)c(OC)c1. The van der Waals surface area contributed by atoms with Crippen molar-refractivity contribution >= 4 is 34.5 Å². The largest absolute Gasteiger partial charge is 0.497 e. The summed E-state index contributed by atoms with van der Waals surface area (Å²) in [6.07, 6.45) is 1.87. The summed E-state index contributed by atoms with van der Waals surface area (Å²) >= 11 is 0. The van der Waals surface area contributed by atoms with Crippen LogP contribution in [0.15, 0.2) is 23.3 Å². The van der Waals surface area contributed by atoms with Crippen molar-refractivity contribution in [3.63, 3.8) is 0 Å². The van der Waals surface area contributed by atoms with E-state index in [1.807, 2.05) is 0 Å². The molecule has 0 aromatic heterocycles. The number of amides is 4. The number of methoxy groups -OCH3 is 2. The van der Waals surface area contributed by atoms with Crippen molar-refractivity contribution in [1.29, 1.82) is 0 Å². The highest BCUT2D eigenvalue weighted by Crippen LogP contribution is 2.30. The third kappa shape index (κ3) is 5.88. The zero-order valence-corrected chi connectivity index (χ0v) is 18.6. The molecule has 2 atom stereocenters. The lowest BCUT2D eigenvalue weighted by atomic mass is 10.0. The molecule has 33 heavy (non-hydrogen) atoms. The molecule has 1 aromatic rings. The molecule has 0 radical (unpaired) electrons. The summed E-state index contributed by atoms with van der Waals surface area (Å²) in [5, 5.41) is 6.78. The number of urea groups is 1. The summed E-state index contributed by atoms with van der Waals surface area (Å²) in [6.45, 7) is -0.351. The second kappa shape index (κ2) is 10.0. The molecule has 4 amide bonds. The molecule has 15 heteroatoms. The molecule has 2 bridgehead atoms. The van der Waals surface area contributed by atoms with Crippen LogP contribution >= 0.6 is 0 Å². The van der Waals surface area contributed by atoms with Gasteiger partial charge in [0.15, 0.2) is 0 Å². The lowest BCUT2D eigenvalue weighted by Gasteiger charge is -2.29. The molecule has 2 saturated heterocycles. The summed E-state index contributed by atoms with van der Waals surface area (Å²) in [5.74, 6) is -0.121. The van der Waals surface area contributed by atoms with Crippen LogP contribution in [0, 0.1) is 0 Å². The van der Waals surface area contributed by atoms with Crippen molar-refractivity contribution < 1.29 is 41.1 Å². The number of benzene rings is 1. The second-order valence-electron chi connectivity index (χ2n) is 7.13. The molecule has 2 fully saturated rings. The van der Waals surface area contributed by atoms with Gasteiger partial charge in [-0.2, -0.15) is 18.6 Å². The summed E-state index contributed by atoms with van der Waals surface area (Å²) in [4.78, 5) is 38.0. The predicted octanol–water partition coefficient (Wildman–Crippen LogP) is -0.727. The molecular formula is C18H23N5O9S. The Hall–Kier alpha value is -3.43. The van der Waals surface area contributed by atoms with E-state index in [1.54, 1.807) is 18.2 Å². The first-order valence-electron chi connectivity index (χ1n) is 9.71. The quantitative estimate of drug-likeness (QED) is 0.231. The van der Waals surface area contributed by atoms with Crippen LogP contribution in [0.2, 0.25) is 0 Å². The van der Waals surface area contributed by atoms with Gasteiger partial charge in [-0.25, -0.2) is 10.2 Å². The molecule has 0 saturated carbocycles. The Morgan fingerprint density at radius 1 is 1.27 bits per heavy atom. The highest BCUT2D eigenvalue weighted by molar-refractivity contribution is 7.80. The topological polar surface area (TPSA) is 176 Å². The molecule has 3 rings (SSSR count). The van der Waals surface area contributed by atoms with Crippen molar-refractivity contribution in [3.8, 4) is 11.5 Å². The fraction of sp³-hybridized carbons (Fsp3) is 0.444. The molecule has 1 unspecified atom stereocenters. The molecule has 2 aliphatic heterocycles. The minimum absolute atomic E-state index is 0.0482. The Morgan fingerprint density at radius 3 is 2.70 bits per heavy atom. The lowest BCUT2D eigenvalue weighted by molar-refractivity contribution is -0.129. The van der Waals surface area contributed by atoms with Crippen LogP contribution in [0.3, 0.4) is 0 Å². The first-order chi connectivity index (χ1) is 15.6. The zero-order valence-electron chi connectivity index (χ0n) is 17.8. The normalized spacial score (nSPS) is 20.2. The van der Waals surface area contributed by atoms with Gasteiger partial charge in [0.2, 0.25) is 5.91 Å². The number of piperidine rings is 1. The Balaban J connectivity index is 1.50. The maximum absolute atomic E-state index is 12.5. The summed E-state index contributed by atoms with van der Waals surface area (Å²) in [5.41, 5.74) is 2.86. The lowest BCUT2D eigenvalue weighted by Crippen LogP contribution is -2.51. The minimum Gasteiger partial charge on any atom is -0.497 e. The molecule has 0 aliphatic carbocycles. The number of carbonyl (C=O) groups is 3. The van der Waals surface area contributed by atoms with Gasteiger partial charge in [0, 0.05) is 18.2 Å². The number of hydrogen-bond donors (Lipinski definition) is 3. The average Bonchev–Trinajstić information content (AvgIpc) is 3.01. The van der Waals surface area contributed by atoms with Crippen LogP contribution in [0.5, 0.6) is 11.5 Å². The van der Waals surface area contributed by atoms with Gasteiger partial charge in [-0.15, -0.1) is 4.28 Å². The standard InChI is InChI=1S/C18H23N5O9S/c1-30-13-5-3-11(15(7-13)31-2)8-20-21-16(24)9-19-17(25)14-6-4-12-10-22(14)18(26)23(12)32-33(27,28)29/h3,5,7-8,12,14H,4,6,9-10H2,1-2H3,(H,19,25)(H,21,24)(H,27,28,29)/b20-8+/t12?,14-/m0/s1. The number of hydrazone groups is 1. The third-order valence-corrected chi connectivity index (χ3v) is 5.41. The number of hydroxylamine groups is 2. The van der Waals surface area contributed by atoms with Gasteiger partial charge in [-0.1, -0.05) is 0 Å². The van der Waals surface area contributed by atoms with E-state index in [4.69, 9.17) is 14.0 Å². The molecule has 180 valence electrons. The van der Waals surface area contributed by atoms with Crippen molar-refractivity contribution in [2.24, 2.45) is 5.10 Å². The Morgan fingerprint density at radius 2 is 2.03 bits per heavy atom. The number of carbonyl (C=O) groups excluding carboxylic acids is 3. The molecule has 2 heterocycles. The molecule has 3 N–H and O–H groups in total. The summed E-state index contributed by atoms with van der Waals surface area (Å²) in [7, 11) is -1.88. The number of ether oxygens (including phenoxy) is 2. The number of hydrogen-bond acceptors (Lipinski definition) is 9. The van der Waals surface area contributed by atoms with Gasteiger partial charge in [0.25, 0.3) is 5.91 Å². The van der Waals surface area contributed by atoms with Crippen LogP contribution in [0.25, 0.3) is 0 Å². The van der Waals surface area contributed by atoms with E-state index in [-0.39, 0.29) is 19.4 Å². The summed E-state index contributed by atoms with van der Waals surface area (Å²) in [6, 6.07) is 2.65. The van der Waals surface area contributed by atoms with E-state index >= 15 is 0 Å². The summed E-state index contributed by atoms with van der Waals surface area (Å²) < 4.78 is 45.3. The van der Waals surface area contributed by atoms with Crippen molar-refractivity contribution in [2.45, 2.75) is 24.9 Å². The van der Waals surface area contributed by atoms with Crippen molar-refractivity contribution in [2.75, 3.05) is 27.3 Å². The van der Waals surface area contributed by atoms with Gasteiger partial charge in [-0.3, -0.25) is 14.1 Å². The van der Waals surface area contributed by atoms with Crippen molar-refractivity contribution in [3.05, 3.63) is 23.8 Å². The van der Waals surface area contributed by atoms with Gasteiger partial charge < -0.3 is 19.7 Å². The number of nitrogens with zero attached hydrogens (tertiary/aromatic N) is 3. The van der Waals surface area contributed by atoms with E-state index in [0.717, 1.165) is 4.90 Å². The maximum atomic E-state index is 12.5. The zero-order chi connectivity index (χ0) is 24.2. The number of nitrogens with one attached hydrogen (secondary N) is 2. The molecule has 2 aliphatic rings. The highest BCUT2D eigenvalue weighted by Gasteiger charge is 2.49. The van der Waals surface area contributed by atoms with Gasteiger partial charge in [-0.05, 0) is 25.0 Å². The number of rotatable bonds is 9. The maximum Gasteiger partial charge on any atom is 0.418 e. The first kappa shape index (κ1) is 24.2. The molecule has 14 nitrogen and oxygen atoms in total. The molecule has 0 spiro atoms. The van der Waals surface area contributed by atoms with E-state index in [2.05, 4.69) is 20.1 Å². The fourth-order valence-electron chi connectivity index (χ4n) is 3.53. The second-order valence-corrected chi connectivity index (χ2v) is 8.13. The van der Waals surface area contributed by atoms with Gasteiger partial charge in [0.1, 0.15) is 17.5 Å². The monoisotopic (exact) mass is 485 g/mol. The fourth-order valence-corrected chi connectivity index (χ4v) is 3.92. The average molecular weight is 485 g/mol. The van der Waals surface area contributed by atoms with Crippen LogP contribution in [-0.4, -0.2) is 86.4 Å².